The number of hydrogen-bond acceptors (Lipinski definition) is 10. The van der Waals surface area contributed by atoms with Gasteiger partial charge in [-0.1, -0.05) is 29.7 Å². The van der Waals surface area contributed by atoms with Crippen LogP contribution in [0.15, 0.2) is 82.3 Å². The Morgan fingerprint density at radius 1 is 0.981 bits per heavy atom. The van der Waals surface area contributed by atoms with Crippen LogP contribution in [0.4, 0.5) is 16.0 Å². The first-order valence-electron chi connectivity index (χ1n) is 16.1. The largest absolute Gasteiger partial charge is 0.496 e. The third-order valence-electron chi connectivity index (χ3n) is 7.97. The number of carbonyl (C=O) groups is 2. The topological polar surface area (TPSA) is 166 Å². The minimum atomic E-state index is -0.478. The van der Waals surface area contributed by atoms with Crippen LogP contribution in [0.5, 0.6) is 11.5 Å². The Balaban J connectivity index is 1.12. The van der Waals surface area contributed by atoms with Gasteiger partial charge in [0.05, 0.1) is 49.8 Å². The Morgan fingerprint density at radius 3 is 2.58 bits per heavy atom. The van der Waals surface area contributed by atoms with Crippen LogP contribution in [-0.2, 0) is 6.54 Å². The number of nitrogens with one attached hydrogen (secondary N) is 3. The van der Waals surface area contributed by atoms with Crippen molar-refractivity contribution in [1.82, 2.24) is 20.6 Å². The molecule has 0 saturated heterocycles. The molecule has 5 N–H and O–H groups in total. The molecule has 12 nitrogen and oxygen atoms in total. The van der Waals surface area contributed by atoms with Crippen molar-refractivity contribution >= 4 is 40.8 Å². The Hall–Kier alpha value is -6.23. The fourth-order valence-corrected chi connectivity index (χ4v) is 5.70. The van der Waals surface area contributed by atoms with Crippen molar-refractivity contribution in [2.45, 2.75) is 13.0 Å². The first-order chi connectivity index (χ1) is 25.3. The van der Waals surface area contributed by atoms with E-state index in [9.17, 15) is 9.59 Å². The molecule has 5 aromatic rings. The highest BCUT2D eigenvalue weighted by Gasteiger charge is 2.26. The molecule has 52 heavy (non-hydrogen) atoms. The fourth-order valence-electron chi connectivity index (χ4n) is 5.53. The summed E-state index contributed by atoms with van der Waals surface area (Å²) in [7, 11) is 2.95. The highest BCUT2D eigenvalue weighted by Crippen LogP contribution is 2.36. The van der Waals surface area contributed by atoms with E-state index >= 15 is 4.39 Å². The molecule has 0 saturated carbocycles. The number of fused-ring (bicyclic) bond motifs is 3. The SMILES string of the molecule is COc1cc(Nc2ncc3c(n2)-c2ccc(Cl)cc2C(c2c(F)cccc2OC)=NC3)ccc1C(=O)NCCCNC(=O)c1ccc(C#CCN)o1. The summed E-state index contributed by atoms with van der Waals surface area (Å²) < 4.78 is 31.6. The second kappa shape index (κ2) is 16.2. The quantitative estimate of drug-likeness (QED) is 0.102. The molecular formula is C38H33ClFN7O5. The maximum Gasteiger partial charge on any atom is 0.287 e. The summed E-state index contributed by atoms with van der Waals surface area (Å²) in [5.74, 6) is 5.63. The number of hydrogen-bond donors (Lipinski definition) is 4. The van der Waals surface area contributed by atoms with Crippen LogP contribution in [-0.4, -0.2) is 61.3 Å². The lowest BCUT2D eigenvalue weighted by Gasteiger charge is -2.15. The highest BCUT2D eigenvalue weighted by molar-refractivity contribution is 6.31. The zero-order valence-electron chi connectivity index (χ0n) is 28.2. The van der Waals surface area contributed by atoms with Gasteiger partial charge in [-0.25, -0.2) is 14.4 Å². The summed E-state index contributed by atoms with van der Waals surface area (Å²) in [6, 6.07) is 18.0. The monoisotopic (exact) mass is 721 g/mol. The van der Waals surface area contributed by atoms with Crippen molar-refractivity contribution < 1.29 is 27.9 Å². The molecule has 0 bridgehead atoms. The zero-order chi connectivity index (χ0) is 36.6. The van der Waals surface area contributed by atoms with Crippen LogP contribution in [0.1, 0.15) is 49.8 Å². The molecule has 2 amide bonds. The number of carbonyl (C=O) groups excluding carboxylic acids is 2. The summed E-state index contributed by atoms with van der Waals surface area (Å²) in [4.78, 5) is 39.4. The molecule has 0 fully saturated rings. The number of methoxy groups -OCH3 is 2. The number of ether oxygens (including phenoxy) is 2. The van der Waals surface area contributed by atoms with Gasteiger partial charge in [0, 0.05) is 52.8 Å². The van der Waals surface area contributed by atoms with Crippen LogP contribution in [0.25, 0.3) is 11.3 Å². The van der Waals surface area contributed by atoms with Gasteiger partial charge in [-0.05, 0) is 60.9 Å². The van der Waals surface area contributed by atoms with Crippen molar-refractivity contribution in [3.05, 3.63) is 118 Å². The van der Waals surface area contributed by atoms with Gasteiger partial charge in [-0.15, -0.1) is 0 Å². The lowest BCUT2D eigenvalue weighted by Crippen LogP contribution is -2.30. The number of nitrogens with zero attached hydrogens (tertiary/aromatic N) is 3. The molecule has 3 aromatic carbocycles. The number of aliphatic imine (C=N–C) groups is 1. The average molecular weight is 722 g/mol. The van der Waals surface area contributed by atoms with Gasteiger partial charge in [0.25, 0.3) is 11.8 Å². The van der Waals surface area contributed by atoms with Gasteiger partial charge in [-0.2, -0.15) is 0 Å². The van der Waals surface area contributed by atoms with Crippen LogP contribution >= 0.6 is 11.6 Å². The number of nitrogens with two attached hydrogens (primary N) is 1. The van der Waals surface area contributed by atoms with Gasteiger partial charge in [0.15, 0.2) is 11.5 Å². The summed E-state index contributed by atoms with van der Waals surface area (Å²) >= 11 is 6.42. The summed E-state index contributed by atoms with van der Waals surface area (Å²) in [5.41, 5.74) is 9.48. The summed E-state index contributed by atoms with van der Waals surface area (Å²) in [5, 5.41) is 9.23. The lowest BCUT2D eigenvalue weighted by molar-refractivity contribution is 0.0925. The van der Waals surface area contributed by atoms with E-state index in [0.717, 1.165) is 5.56 Å². The van der Waals surface area contributed by atoms with E-state index < -0.39 is 5.82 Å². The van der Waals surface area contributed by atoms with Crippen molar-refractivity contribution in [1.29, 1.82) is 0 Å². The number of anilines is 2. The van der Waals surface area contributed by atoms with Crippen molar-refractivity contribution in [3.8, 4) is 34.6 Å². The van der Waals surface area contributed by atoms with Gasteiger partial charge in [-0.3, -0.25) is 14.6 Å². The first-order valence-corrected chi connectivity index (χ1v) is 16.5. The standard InChI is InChI=1S/C38H33ClFN7O5/c1-50-30-8-3-7-29(40)33(30)35-28-18-23(39)9-12-26(28)34-22(20-44-35)21-45-38(47-34)46-24-10-13-27(32(19-24)51-2)36(48)42-16-5-17-43-37(49)31-14-11-25(52-31)6-4-15-41/h3,7-14,18-19,21H,5,15-17,20,41H2,1-2H3,(H,42,48)(H,43,49)(H,45,46,47). The number of amides is 2. The van der Waals surface area contributed by atoms with Crippen molar-refractivity contribution in [2.75, 3.05) is 39.2 Å². The van der Waals surface area contributed by atoms with E-state index in [0.29, 0.717) is 75.6 Å². The predicted molar refractivity (Wildman–Crippen MR) is 195 cm³/mol. The molecule has 264 valence electrons. The van der Waals surface area contributed by atoms with Gasteiger partial charge in [0.1, 0.15) is 17.3 Å². The molecule has 0 spiro atoms. The molecule has 1 aliphatic rings. The number of benzene rings is 3. The van der Waals surface area contributed by atoms with E-state index in [-0.39, 0.29) is 42.2 Å². The maximum absolute atomic E-state index is 15.2. The van der Waals surface area contributed by atoms with E-state index in [2.05, 4.69) is 32.8 Å². The first kappa shape index (κ1) is 35.6. The maximum atomic E-state index is 15.2. The van der Waals surface area contributed by atoms with Crippen LogP contribution < -0.4 is 31.2 Å². The van der Waals surface area contributed by atoms with Crippen molar-refractivity contribution in [2.24, 2.45) is 10.7 Å². The molecule has 14 heteroatoms. The minimum absolute atomic E-state index is 0.138. The molecule has 0 atom stereocenters. The molecule has 0 aliphatic carbocycles. The van der Waals surface area contributed by atoms with Gasteiger partial charge >= 0.3 is 0 Å². The van der Waals surface area contributed by atoms with E-state index in [1.165, 1.54) is 26.4 Å². The molecule has 2 aromatic heterocycles. The summed E-state index contributed by atoms with van der Waals surface area (Å²) in [6.07, 6.45) is 2.14. The lowest BCUT2D eigenvalue weighted by atomic mass is 9.94. The molecule has 6 rings (SSSR count). The Labute approximate surface area is 303 Å². The number of rotatable bonds is 11. The fraction of sp³-hybridized carbons (Fsp3) is 0.184. The molecule has 3 heterocycles. The Kier molecular flexibility index (Phi) is 11.1. The third-order valence-corrected chi connectivity index (χ3v) is 8.20. The van der Waals surface area contributed by atoms with Gasteiger partial charge in [0.2, 0.25) is 5.95 Å². The third kappa shape index (κ3) is 7.88. The molecular weight excluding hydrogens is 689 g/mol. The average Bonchev–Trinajstić information content (AvgIpc) is 3.58. The molecule has 0 unspecified atom stereocenters. The highest BCUT2D eigenvalue weighted by atomic mass is 35.5. The Morgan fingerprint density at radius 2 is 1.79 bits per heavy atom. The number of aromatic nitrogens is 2. The van der Waals surface area contributed by atoms with E-state index in [1.54, 1.807) is 54.7 Å². The molecule has 0 radical (unpaired) electrons. The minimum Gasteiger partial charge on any atom is -0.496 e. The summed E-state index contributed by atoms with van der Waals surface area (Å²) in [6.45, 7) is 0.993. The number of halogens is 2. The van der Waals surface area contributed by atoms with Crippen LogP contribution in [0, 0.1) is 17.7 Å². The second-order valence-corrected chi connectivity index (χ2v) is 11.8. The predicted octanol–water partition coefficient (Wildman–Crippen LogP) is 5.50. The zero-order valence-corrected chi connectivity index (χ0v) is 28.9. The van der Waals surface area contributed by atoms with Gasteiger partial charge < -0.3 is 35.6 Å². The van der Waals surface area contributed by atoms with E-state index in [4.69, 9.17) is 41.2 Å². The smallest absolute Gasteiger partial charge is 0.287 e. The number of furan rings is 1. The molecule has 1 aliphatic heterocycles. The van der Waals surface area contributed by atoms with Crippen LogP contribution in [0.3, 0.4) is 0 Å². The van der Waals surface area contributed by atoms with E-state index in [1.807, 2.05) is 6.07 Å². The van der Waals surface area contributed by atoms with Crippen molar-refractivity contribution in [3.63, 3.8) is 0 Å². The normalized spacial score (nSPS) is 11.5. The van der Waals surface area contributed by atoms with Crippen LogP contribution in [0.2, 0.25) is 5.02 Å². The Bertz CT molecular complexity index is 2240. The second-order valence-electron chi connectivity index (χ2n) is 11.3.